The van der Waals surface area contributed by atoms with E-state index in [4.69, 9.17) is 4.74 Å². The molecule has 1 unspecified atom stereocenters. The van der Waals surface area contributed by atoms with Crippen molar-refractivity contribution in [1.29, 1.82) is 0 Å². The molecule has 2 heterocycles. The summed E-state index contributed by atoms with van der Waals surface area (Å²) in [7, 11) is 1.54. The quantitative estimate of drug-likeness (QED) is 0.391. The highest BCUT2D eigenvalue weighted by molar-refractivity contribution is 7.22. The van der Waals surface area contributed by atoms with Crippen molar-refractivity contribution in [2.45, 2.75) is 66.0 Å². The van der Waals surface area contributed by atoms with Gasteiger partial charge in [0.2, 0.25) is 0 Å². The van der Waals surface area contributed by atoms with Crippen molar-refractivity contribution in [1.82, 2.24) is 14.8 Å². The molecule has 3 rings (SSSR count). The Labute approximate surface area is 200 Å². The van der Waals surface area contributed by atoms with E-state index in [2.05, 4.69) is 31.0 Å². The number of amides is 1. The lowest BCUT2D eigenvalue weighted by Gasteiger charge is -2.19. The van der Waals surface area contributed by atoms with Crippen LogP contribution in [0.25, 0.3) is 21.0 Å². The Morgan fingerprint density at radius 2 is 1.91 bits per heavy atom. The molecule has 0 fully saturated rings. The van der Waals surface area contributed by atoms with Gasteiger partial charge in [0, 0.05) is 18.0 Å². The van der Waals surface area contributed by atoms with Gasteiger partial charge in [-0.1, -0.05) is 45.4 Å². The number of carbonyl (C=O) groups excluding carboxylic acids is 1. The van der Waals surface area contributed by atoms with Gasteiger partial charge in [0.15, 0.2) is 5.75 Å². The number of para-hydroxylation sites is 1. The zero-order valence-electron chi connectivity index (χ0n) is 20.6. The first-order valence-electron chi connectivity index (χ1n) is 12.1. The second kappa shape index (κ2) is 11.7. The molecule has 1 amide bonds. The molecule has 0 radical (unpaired) electrons. The highest BCUT2D eigenvalue weighted by Crippen LogP contribution is 2.39. The van der Waals surface area contributed by atoms with E-state index in [0.29, 0.717) is 22.6 Å². The van der Waals surface area contributed by atoms with Gasteiger partial charge in [0.05, 0.1) is 17.3 Å². The molecule has 180 valence electrons. The number of ether oxygens (including phenoxy) is 1. The summed E-state index contributed by atoms with van der Waals surface area (Å²) in [5.74, 6) is 0.218. The SMILES string of the molecule is CCCCn1c(=O)c2c(OC)c(C(=O)NC(C)CCCN(CC)CC)sc2c2ccccc21. The summed E-state index contributed by atoms with van der Waals surface area (Å²) >= 11 is 1.35. The van der Waals surface area contributed by atoms with Crippen LogP contribution in [0.1, 0.15) is 63.0 Å². The van der Waals surface area contributed by atoms with Crippen LogP contribution in [0.15, 0.2) is 29.1 Å². The zero-order chi connectivity index (χ0) is 24.0. The molecule has 0 spiro atoms. The van der Waals surface area contributed by atoms with Crippen molar-refractivity contribution in [3.8, 4) is 5.75 Å². The van der Waals surface area contributed by atoms with Gasteiger partial charge in [-0.25, -0.2) is 0 Å². The summed E-state index contributed by atoms with van der Waals surface area (Å²) in [4.78, 5) is 29.6. The number of benzene rings is 1. The van der Waals surface area contributed by atoms with E-state index >= 15 is 0 Å². The number of hydrogen-bond acceptors (Lipinski definition) is 5. The first-order valence-corrected chi connectivity index (χ1v) is 12.9. The Bertz CT molecular complexity index is 1150. The normalized spacial score (nSPS) is 12.5. The summed E-state index contributed by atoms with van der Waals surface area (Å²) in [6, 6.07) is 7.97. The number of pyridine rings is 1. The predicted molar refractivity (Wildman–Crippen MR) is 139 cm³/mol. The van der Waals surface area contributed by atoms with E-state index < -0.39 is 0 Å². The number of aryl methyl sites for hydroxylation is 1. The van der Waals surface area contributed by atoms with Crippen LogP contribution in [0.5, 0.6) is 5.75 Å². The fraction of sp³-hybridized carbons (Fsp3) is 0.538. The molecular weight excluding hydrogens is 434 g/mol. The van der Waals surface area contributed by atoms with Gasteiger partial charge in [0.1, 0.15) is 10.3 Å². The number of nitrogens with one attached hydrogen (secondary N) is 1. The van der Waals surface area contributed by atoms with Gasteiger partial charge in [-0.3, -0.25) is 9.59 Å². The maximum Gasteiger partial charge on any atom is 0.265 e. The van der Waals surface area contributed by atoms with Crippen LogP contribution in [0.4, 0.5) is 0 Å². The number of hydrogen-bond donors (Lipinski definition) is 1. The van der Waals surface area contributed by atoms with Gasteiger partial charge < -0.3 is 19.5 Å². The second-order valence-corrected chi connectivity index (χ2v) is 9.56. The minimum atomic E-state index is -0.174. The third kappa shape index (κ3) is 5.41. The molecule has 6 nitrogen and oxygen atoms in total. The van der Waals surface area contributed by atoms with E-state index in [1.165, 1.54) is 18.4 Å². The van der Waals surface area contributed by atoms with Crippen molar-refractivity contribution in [2.24, 2.45) is 0 Å². The summed E-state index contributed by atoms with van der Waals surface area (Å²) in [6.45, 7) is 12.2. The third-order valence-electron chi connectivity index (χ3n) is 6.29. The standard InChI is InChI=1S/C26H37N3O3S/c1-6-9-17-29-20-15-11-10-14-19(20)23-21(26(29)31)22(32-5)24(33-23)25(30)27-18(4)13-12-16-28(7-2)8-3/h10-11,14-15,18H,6-9,12-13,16-17H2,1-5H3,(H,27,30). The maximum atomic E-state index is 13.5. The Balaban J connectivity index is 1.94. The molecule has 3 aromatic rings. The smallest absolute Gasteiger partial charge is 0.265 e. The highest BCUT2D eigenvalue weighted by atomic mass is 32.1. The lowest BCUT2D eigenvalue weighted by Crippen LogP contribution is -2.33. The largest absolute Gasteiger partial charge is 0.494 e. The number of nitrogens with zero attached hydrogens (tertiary/aromatic N) is 2. The lowest BCUT2D eigenvalue weighted by molar-refractivity contribution is 0.0939. The Morgan fingerprint density at radius 1 is 1.18 bits per heavy atom. The van der Waals surface area contributed by atoms with E-state index in [1.807, 2.05) is 35.8 Å². The van der Waals surface area contributed by atoms with Crippen LogP contribution in [-0.2, 0) is 6.54 Å². The first-order chi connectivity index (χ1) is 16.0. The highest BCUT2D eigenvalue weighted by Gasteiger charge is 2.25. The molecule has 0 aliphatic rings. The van der Waals surface area contributed by atoms with Crippen molar-refractivity contribution < 1.29 is 9.53 Å². The van der Waals surface area contributed by atoms with E-state index in [1.54, 1.807) is 0 Å². The summed E-state index contributed by atoms with van der Waals surface area (Å²) in [5, 5.41) is 4.62. The molecular formula is C26H37N3O3S. The molecule has 0 aliphatic carbocycles. The topological polar surface area (TPSA) is 63.6 Å². The maximum absolute atomic E-state index is 13.5. The molecule has 0 aliphatic heterocycles. The van der Waals surface area contributed by atoms with Crippen LogP contribution in [0, 0.1) is 0 Å². The number of carbonyl (C=O) groups is 1. The molecule has 7 heteroatoms. The molecule has 33 heavy (non-hydrogen) atoms. The molecule has 0 saturated heterocycles. The molecule has 1 N–H and O–H groups in total. The lowest BCUT2D eigenvalue weighted by atomic mass is 10.1. The van der Waals surface area contributed by atoms with Gasteiger partial charge in [0.25, 0.3) is 11.5 Å². The van der Waals surface area contributed by atoms with Gasteiger partial charge in [-0.15, -0.1) is 11.3 Å². The number of unbranched alkanes of at least 4 members (excludes halogenated alkanes) is 1. The molecule has 1 aromatic carbocycles. The van der Waals surface area contributed by atoms with Gasteiger partial charge >= 0.3 is 0 Å². The minimum Gasteiger partial charge on any atom is -0.494 e. The van der Waals surface area contributed by atoms with E-state index in [0.717, 1.165) is 60.9 Å². The van der Waals surface area contributed by atoms with Crippen LogP contribution >= 0.6 is 11.3 Å². The van der Waals surface area contributed by atoms with Crippen molar-refractivity contribution in [2.75, 3.05) is 26.7 Å². The van der Waals surface area contributed by atoms with Crippen LogP contribution in [-0.4, -0.2) is 48.2 Å². The van der Waals surface area contributed by atoms with Crippen LogP contribution in [0.3, 0.4) is 0 Å². The molecule has 1 atom stereocenters. The van der Waals surface area contributed by atoms with Crippen LogP contribution in [0.2, 0.25) is 0 Å². The number of methoxy groups -OCH3 is 1. The Hall–Kier alpha value is -2.38. The summed E-state index contributed by atoms with van der Waals surface area (Å²) in [6.07, 6.45) is 3.85. The zero-order valence-corrected chi connectivity index (χ0v) is 21.4. The second-order valence-electron chi connectivity index (χ2n) is 8.54. The Kier molecular flexibility index (Phi) is 8.92. The van der Waals surface area contributed by atoms with Gasteiger partial charge in [-0.05, 0) is 51.9 Å². The molecule has 2 aromatic heterocycles. The van der Waals surface area contributed by atoms with Crippen molar-refractivity contribution in [3.05, 3.63) is 39.5 Å². The fourth-order valence-electron chi connectivity index (χ4n) is 4.35. The van der Waals surface area contributed by atoms with Crippen LogP contribution < -0.4 is 15.6 Å². The van der Waals surface area contributed by atoms with Gasteiger partial charge in [-0.2, -0.15) is 0 Å². The number of fused-ring (bicyclic) bond motifs is 3. The third-order valence-corrected chi connectivity index (χ3v) is 7.50. The van der Waals surface area contributed by atoms with E-state index in [9.17, 15) is 9.59 Å². The average Bonchev–Trinajstić information content (AvgIpc) is 3.22. The summed E-state index contributed by atoms with van der Waals surface area (Å²) in [5.41, 5.74) is 0.820. The predicted octanol–water partition coefficient (Wildman–Crippen LogP) is 5.27. The van der Waals surface area contributed by atoms with E-state index in [-0.39, 0.29) is 17.5 Å². The number of rotatable bonds is 12. The summed E-state index contributed by atoms with van der Waals surface area (Å²) < 4.78 is 8.31. The van der Waals surface area contributed by atoms with Crippen molar-refractivity contribution in [3.63, 3.8) is 0 Å². The fourth-order valence-corrected chi connectivity index (χ4v) is 5.55. The molecule has 0 saturated carbocycles. The first kappa shape index (κ1) is 25.2. The van der Waals surface area contributed by atoms with Crippen molar-refractivity contribution >= 4 is 38.2 Å². The minimum absolute atomic E-state index is 0.0425. The number of aromatic nitrogens is 1. The average molecular weight is 472 g/mol. The monoisotopic (exact) mass is 471 g/mol. The number of thiophene rings is 1. The Morgan fingerprint density at radius 3 is 2.58 bits per heavy atom. The molecule has 0 bridgehead atoms.